The minimum Gasteiger partial charge on any atom is -0.379 e. The van der Waals surface area contributed by atoms with Gasteiger partial charge in [0.15, 0.2) is 9.84 Å². The van der Waals surface area contributed by atoms with Crippen LogP contribution in [-0.4, -0.2) is 74.0 Å². The second-order valence-corrected chi connectivity index (χ2v) is 9.24. The quantitative estimate of drug-likeness (QED) is 0.771. The third kappa shape index (κ3) is 4.27. The van der Waals surface area contributed by atoms with E-state index in [0.29, 0.717) is 24.8 Å². The molecule has 0 unspecified atom stereocenters. The molecule has 9 heteroatoms. The normalized spacial score (nSPS) is 28.5. The molecule has 2 fully saturated rings. The van der Waals surface area contributed by atoms with Crippen molar-refractivity contribution in [1.82, 2.24) is 15.2 Å². The lowest BCUT2D eigenvalue weighted by atomic mass is 9.82. The van der Waals surface area contributed by atoms with Gasteiger partial charge in [0.05, 0.1) is 29.2 Å². The second kappa shape index (κ2) is 7.79. The first-order valence-electron chi connectivity index (χ1n) is 8.85. The first-order chi connectivity index (χ1) is 12.4. The smallest absolute Gasteiger partial charge is 0.253 e. The molecule has 144 valence electrons. The number of methoxy groups -OCH3 is 1. The van der Waals surface area contributed by atoms with Crippen LogP contribution >= 0.6 is 0 Å². The summed E-state index contributed by atoms with van der Waals surface area (Å²) in [5, 5.41) is 2.98. The van der Waals surface area contributed by atoms with Crippen LogP contribution in [0.5, 0.6) is 0 Å². The molecule has 0 aromatic carbocycles. The van der Waals surface area contributed by atoms with Crippen molar-refractivity contribution in [2.45, 2.75) is 31.4 Å². The molecular formula is C17H25N3O5S. The van der Waals surface area contributed by atoms with E-state index in [1.165, 1.54) is 0 Å². The van der Waals surface area contributed by atoms with Gasteiger partial charge in [-0.2, -0.15) is 0 Å². The molecule has 3 rings (SSSR count). The summed E-state index contributed by atoms with van der Waals surface area (Å²) < 4.78 is 28.6. The van der Waals surface area contributed by atoms with Crippen molar-refractivity contribution in [2.75, 3.05) is 31.7 Å². The highest BCUT2D eigenvalue weighted by Crippen LogP contribution is 2.29. The summed E-state index contributed by atoms with van der Waals surface area (Å²) in [5.74, 6) is -0.286. The average Bonchev–Trinajstić information content (AvgIpc) is 3.16. The van der Waals surface area contributed by atoms with Crippen LogP contribution in [0.2, 0.25) is 0 Å². The number of H-pyrrole nitrogens is 1. The molecule has 2 N–H and O–H groups in total. The van der Waals surface area contributed by atoms with E-state index >= 15 is 0 Å². The summed E-state index contributed by atoms with van der Waals surface area (Å²) in [6.45, 7) is 0.534. The third-order valence-corrected chi connectivity index (χ3v) is 6.89. The van der Waals surface area contributed by atoms with Gasteiger partial charge in [-0.1, -0.05) is 0 Å². The SMILES string of the molecule is CO[C@@H]1C[C@@H](C(=O)N2CCS(=O)(=O)CC2)CC[C@H]1NC(=O)c1cc[nH]c1. The van der Waals surface area contributed by atoms with Gasteiger partial charge >= 0.3 is 0 Å². The van der Waals surface area contributed by atoms with Crippen molar-refractivity contribution in [3.63, 3.8) is 0 Å². The Balaban J connectivity index is 1.57. The van der Waals surface area contributed by atoms with Gasteiger partial charge in [-0.15, -0.1) is 0 Å². The number of hydrogen-bond donors (Lipinski definition) is 2. The number of ether oxygens (including phenoxy) is 1. The fourth-order valence-electron chi connectivity index (χ4n) is 3.69. The predicted molar refractivity (Wildman–Crippen MR) is 95.4 cm³/mol. The molecule has 0 bridgehead atoms. The Morgan fingerprint density at radius 2 is 2.00 bits per heavy atom. The van der Waals surface area contributed by atoms with Gasteiger partial charge in [-0.3, -0.25) is 9.59 Å². The van der Waals surface area contributed by atoms with E-state index in [9.17, 15) is 18.0 Å². The molecule has 1 aliphatic carbocycles. The molecule has 1 aromatic rings. The summed E-state index contributed by atoms with van der Waals surface area (Å²) in [6, 6.07) is 1.56. The van der Waals surface area contributed by atoms with Crippen molar-refractivity contribution >= 4 is 21.7 Å². The highest BCUT2D eigenvalue weighted by atomic mass is 32.2. The molecule has 1 saturated carbocycles. The molecule has 0 spiro atoms. The summed E-state index contributed by atoms with van der Waals surface area (Å²) in [5.41, 5.74) is 0.563. The molecule has 2 amide bonds. The number of hydrogen-bond acceptors (Lipinski definition) is 5. The first kappa shape index (κ1) is 18.9. The van der Waals surface area contributed by atoms with Crippen LogP contribution in [0.1, 0.15) is 29.6 Å². The lowest BCUT2D eigenvalue weighted by molar-refractivity contribution is -0.138. The van der Waals surface area contributed by atoms with E-state index < -0.39 is 9.84 Å². The van der Waals surface area contributed by atoms with Crippen molar-refractivity contribution in [3.8, 4) is 0 Å². The van der Waals surface area contributed by atoms with E-state index in [1.54, 1.807) is 30.5 Å². The van der Waals surface area contributed by atoms with Crippen LogP contribution in [0.25, 0.3) is 0 Å². The molecule has 0 radical (unpaired) electrons. The van der Waals surface area contributed by atoms with Crippen LogP contribution in [0.4, 0.5) is 0 Å². The first-order valence-corrected chi connectivity index (χ1v) is 10.7. The Morgan fingerprint density at radius 1 is 1.27 bits per heavy atom. The number of aromatic nitrogens is 1. The zero-order valence-corrected chi connectivity index (χ0v) is 15.6. The zero-order chi connectivity index (χ0) is 18.7. The standard InChI is InChI=1S/C17H25N3O5S/c1-25-15-10-12(17(22)20-6-8-26(23,24)9-7-20)2-3-14(15)19-16(21)13-4-5-18-11-13/h4-5,11-12,14-15,18H,2-3,6-10H2,1H3,(H,19,21)/t12-,14+,15+/m0/s1. The van der Waals surface area contributed by atoms with Crippen LogP contribution in [0, 0.1) is 5.92 Å². The molecule has 8 nitrogen and oxygen atoms in total. The van der Waals surface area contributed by atoms with Crippen molar-refractivity contribution < 1.29 is 22.7 Å². The number of carbonyl (C=O) groups is 2. The fourth-order valence-corrected chi connectivity index (χ4v) is 4.89. The van der Waals surface area contributed by atoms with E-state index in [-0.39, 0.29) is 54.5 Å². The Morgan fingerprint density at radius 3 is 2.62 bits per heavy atom. The van der Waals surface area contributed by atoms with Crippen LogP contribution in [-0.2, 0) is 19.4 Å². The number of sulfone groups is 1. The van der Waals surface area contributed by atoms with E-state index in [0.717, 1.165) is 0 Å². The highest BCUT2D eigenvalue weighted by Gasteiger charge is 2.37. The topological polar surface area (TPSA) is 109 Å². The fraction of sp³-hybridized carbons (Fsp3) is 0.647. The van der Waals surface area contributed by atoms with Crippen molar-refractivity contribution in [2.24, 2.45) is 5.92 Å². The maximum Gasteiger partial charge on any atom is 0.253 e. The maximum absolute atomic E-state index is 12.7. The molecule has 1 aliphatic heterocycles. The summed E-state index contributed by atoms with van der Waals surface area (Å²) in [4.78, 5) is 29.5. The summed E-state index contributed by atoms with van der Waals surface area (Å²) in [7, 11) is -1.42. The molecular weight excluding hydrogens is 358 g/mol. The highest BCUT2D eigenvalue weighted by molar-refractivity contribution is 7.91. The number of carbonyl (C=O) groups excluding carboxylic acids is 2. The predicted octanol–water partition coefficient (Wildman–Crippen LogP) is 0.185. The van der Waals surface area contributed by atoms with Crippen LogP contribution < -0.4 is 5.32 Å². The Labute approximate surface area is 153 Å². The average molecular weight is 383 g/mol. The number of nitrogens with zero attached hydrogens (tertiary/aromatic N) is 1. The van der Waals surface area contributed by atoms with E-state index in [1.807, 2.05) is 0 Å². The van der Waals surface area contributed by atoms with Crippen molar-refractivity contribution in [3.05, 3.63) is 24.0 Å². The minimum atomic E-state index is -3.01. The van der Waals surface area contributed by atoms with Gasteiger partial charge < -0.3 is 19.9 Å². The Kier molecular flexibility index (Phi) is 5.67. The third-order valence-electron chi connectivity index (χ3n) is 5.28. The van der Waals surface area contributed by atoms with Gasteiger partial charge in [-0.05, 0) is 25.3 Å². The van der Waals surface area contributed by atoms with Gasteiger partial charge in [0.2, 0.25) is 5.91 Å². The maximum atomic E-state index is 12.7. The molecule has 1 aromatic heterocycles. The van der Waals surface area contributed by atoms with E-state index in [2.05, 4.69) is 10.3 Å². The van der Waals surface area contributed by atoms with Gasteiger partial charge in [0.25, 0.3) is 5.91 Å². The molecule has 2 aliphatic rings. The zero-order valence-electron chi connectivity index (χ0n) is 14.8. The van der Waals surface area contributed by atoms with Crippen LogP contribution in [0.3, 0.4) is 0 Å². The van der Waals surface area contributed by atoms with Crippen molar-refractivity contribution in [1.29, 1.82) is 0 Å². The minimum absolute atomic E-state index is 0.00244. The van der Waals surface area contributed by atoms with E-state index in [4.69, 9.17) is 4.74 Å². The molecule has 1 saturated heterocycles. The summed E-state index contributed by atoms with van der Waals surface area (Å²) >= 11 is 0. The van der Waals surface area contributed by atoms with Gasteiger partial charge in [0.1, 0.15) is 0 Å². The molecule has 3 atom stereocenters. The Hall–Kier alpha value is -1.87. The molecule has 2 heterocycles. The lowest BCUT2D eigenvalue weighted by Gasteiger charge is -2.37. The summed E-state index contributed by atoms with van der Waals surface area (Å²) in [6.07, 6.45) is 4.91. The van der Waals surface area contributed by atoms with Gasteiger partial charge in [0, 0.05) is 38.5 Å². The van der Waals surface area contributed by atoms with Gasteiger partial charge in [-0.25, -0.2) is 8.42 Å². The lowest BCUT2D eigenvalue weighted by Crippen LogP contribution is -2.52. The second-order valence-electron chi connectivity index (χ2n) is 6.94. The number of nitrogens with one attached hydrogen (secondary N) is 2. The number of rotatable bonds is 4. The largest absolute Gasteiger partial charge is 0.379 e. The number of amides is 2. The van der Waals surface area contributed by atoms with Crippen LogP contribution in [0.15, 0.2) is 18.5 Å². The molecule has 26 heavy (non-hydrogen) atoms. The monoisotopic (exact) mass is 383 g/mol. The Bertz CT molecular complexity index is 732. The number of aromatic amines is 1.